The third-order valence-electron chi connectivity index (χ3n) is 3.43. The fourth-order valence-corrected chi connectivity index (χ4v) is 3.53. The minimum Gasteiger partial charge on any atom is -0.474 e. The van der Waals surface area contributed by atoms with Crippen LogP contribution < -0.4 is 10.1 Å². The van der Waals surface area contributed by atoms with Gasteiger partial charge in [-0.25, -0.2) is 4.98 Å². The molecular formula is C17H20BrN3O3S. The molecule has 1 aromatic heterocycles. The highest BCUT2D eigenvalue weighted by Crippen LogP contribution is 2.28. The van der Waals surface area contributed by atoms with Crippen LogP contribution in [0.4, 0.5) is 0 Å². The molecule has 0 aliphatic heterocycles. The van der Waals surface area contributed by atoms with Crippen LogP contribution in [0.15, 0.2) is 40.0 Å². The number of rotatable bonds is 6. The summed E-state index contributed by atoms with van der Waals surface area (Å²) in [5.74, 6) is 0.266. The number of thioether (sulfide) groups is 1. The van der Waals surface area contributed by atoms with E-state index in [1.54, 1.807) is 0 Å². The first-order valence-electron chi connectivity index (χ1n) is 7.52. The number of pyridine rings is 1. The van der Waals surface area contributed by atoms with Crippen molar-refractivity contribution in [3.05, 3.63) is 34.8 Å². The van der Waals surface area contributed by atoms with Crippen molar-refractivity contribution >= 4 is 49.5 Å². The number of carbonyl (C=O) groups is 1. The summed E-state index contributed by atoms with van der Waals surface area (Å²) in [5.41, 5.74) is -0.00817. The van der Waals surface area contributed by atoms with Crippen molar-refractivity contribution in [2.45, 2.75) is 19.4 Å². The number of hydrogen-bond donors (Lipinski definition) is 1. The van der Waals surface area contributed by atoms with Gasteiger partial charge in [0.2, 0.25) is 11.8 Å². The Labute approximate surface area is 159 Å². The Bertz CT molecular complexity index is 800. The average Bonchev–Trinajstić information content (AvgIpc) is 2.57. The minimum atomic E-state index is -0.839. The number of benzene rings is 1. The first-order chi connectivity index (χ1) is 11.9. The van der Waals surface area contributed by atoms with Crippen LogP contribution in [0.2, 0.25) is 0 Å². The Morgan fingerprint density at radius 3 is 2.80 bits per heavy atom. The van der Waals surface area contributed by atoms with Crippen LogP contribution in [0.3, 0.4) is 0 Å². The number of oxime groups is 1. The molecule has 2 aromatic rings. The van der Waals surface area contributed by atoms with Crippen LogP contribution in [-0.4, -0.2) is 41.4 Å². The molecule has 0 aliphatic rings. The van der Waals surface area contributed by atoms with E-state index in [2.05, 4.69) is 31.4 Å². The first-order valence-corrected chi connectivity index (χ1v) is 9.54. The van der Waals surface area contributed by atoms with Crippen molar-refractivity contribution in [2.75, 3.05) is 20.0 Å². The van der Waals surface area contributed by atoms with Gasteiger partial charge >= 0.3 is 0 Å². The number of nitrogens with zero attached hydrogens (tertiary/aromatic N) is 2. The topological polar surface area (TPSA) is 72.8 Å². The second-order valence-electron chi connectivity index (χ2n) is 5.55. The number of carbonyl (C=O) groups excluding carboxylic acids is 1. The quantitative estimate of drug-likeness (QED) is 0.434. The number of hydrogen-bond acceptors (Lipinski definition) is 6. The maximum absolute atomic E-state index is 11.6. The third kappa shape index (κ3) is 4.85. The van der Waals surface area contributed by atoms with E-state index in [-0.39, 0.29) is 12.5 Å². The number of nitrogens with one attached hydrogen (secondary N) is 1. The van der Waals surface area contributed by atoms with Crippen molar-refractivity contribution in [2.24, 2.45) is 5.16 Å². The zero-order chi connectivity index (χ0) is 18.4. The van der Waals surface area contributed by atoms with Gasteiger partial charge in [0.25, 0.3) is 0 Å². The molecule has 0 aliphatic carbocycles. The number of halogens is 1. The fraction of sp³-hybridized carbons (Fsp3) is 0.353. The highest BCUT2D eigenvalue weighted by molar-refractivity contribution is 9.10. The van der Waals surface area contributed by atoms with Gasteiger partial charge in [0.15, 0.2) is 0 Å². The van der Waals surface area contributed by atoms with Gasteiger partial charge < -0.3 is 14.9 Å². The maximum Gasteiger partial charge on any atom is 0.228 e. The monoisotopic (exact) mass is 425 g/mol. The average molecular weight is 426 g/mol. The van der Waals surface area contributed by atoms with Crippen molar-refractivity contribution < 1.29 is 14.4 Å². The molecule has 1 aromatic carbocycles. The van der Waals surface area contributed by atoms with E-state index in [4.69, 9.17) is 9.57 Å². The first kappa shape index (κ1) is 19.5. The summed E-state index contributed by atoms with van der Waals surface area (Å²) in [6.45, 7) is 3.43. The van der Waals surface area contributed by atoms with Crippen molar-refractivity contribution in [1.29, 1.82) is 0 Å². The highest BCUT2D eigenvalue weighted by Gasteiger charge is 2.34. The zero-order valence-corrected chi connectivity index (χ0v) is 16.9. The van der Waals surface area contributed by atoms with Gasteiger partial charge in [-0.1, -0.05) is 23.4 Å². The Balaban J connectivity index is 2.29. The molecule has 0 saturated carbocycles. The van der Waals surface area contributed by atoms with Gasteiger partial charge in [0.05, 0.1) is 9.99 Å². The van der Waals surface area contributed by atoms with Gasteiger partial charge in [-0.15, -0.1) is 11.8 Å². The lowest BCUT2D eigenvalue weighted by Crippen LogP contribution is -2.54. The molecular weight excluding hydrogens is 406 g/mol. The molecule has 1 heterocycles. The Morgan fingerprint density at radius 1 is 1.44 bits per heavy atom. The molecule has 1 N–H and O–H groups in total. The van der Waals surface area contributed by atoms with Crippen LogP contribution >= 0.6 is 27.7 Å². The van der Waals surface area contributed by atoms with E-state index in [1.165, 1.54) is 25.8 Å². The molecule has 2 rings (SSSR count). The summed E-state index contributed by atoms with van der Waals surface area (Å²) in [6.07, 6.45) is 1.86. The van der Waals surface area contributed by atoms with Gasteiger partial charge in [-0.3, -0.25) is 4.79 Å². The molecule has 0 radical (unpaired) electrons. The lowest BCUT2D eigenvalue weighted by molar-refractivity contribution is -0.120. The number of fused-ring (bicyclic) bond motifs is 1. The predicted molar refractivity (Wildman–Crippen MR) is 105 cm³/mol. The fourth-order valence-electron chi connectivity index (χ4n) is 2.37. The molecule has 0 fully saturated rings. The van der Waals surface area contributed by atoms with E-state index in [9.17, 15) is 4.79 Å². The van der Waals surface area contributed by atoms with Crippen molar-refractivity contribution in [3.8, 4) is 5.88 Å². The van der Waals surface area contributed by atoms with Crippen LogP contribution in [-0.2, 0) is 9.63 Å². The molecule has 25 heavy (non-hydrogen) atoms. The van der Waals surface area contributed by atoms with Crippen LogP contribution in [0, 0.1) is 0 Å². The van der Waals surface area contributed by atoms with Gasteiger partial charge in [0, 0.05) is 12.3 Å². The van der Waals surface area contributed by atoms with Crippen molar-refractivity contribution in [1.82, 2.24) is 10.3 Å². The van der Waals surface area contributed by atoms with Crippen molar-refractivity contribution in [3.63, 3.8) is 0 Å². The van der Waals surface area contributed by atoms with Gasteiger partial charge in [-0.05, 0) is 41.2 Å². The molecule has 1 atom stereocenters. The summed E-state index contributed by atoms with van der Waals surface area (Å²) >= 11 is 4.87. The highest BCUT2D eigenvalue weighted by atomic mass is 79.9. The zero-order valence-electron chi connectivity index (χ0n) is 14.5. The summed E-state index contributed by atoms with van der Waals surface area (Å²) in [4.78, 5) is 21.1. The molecule has 0 bridgehead atoms. The predicted octanol–water partition coefficient (Wildman–Crippen LogP) is 3.59. The number of amides is 1. The Kier molecular flexibility index (Phi) is 6.66. The van der Waals surface area contributed by atoms with E-state index < -0.39 is 5.54 Å². The Morgan fingerprint density at radius 2 is 2.16 bits per heavy atom. The molecule has 0 spiro atoms. The smallest absolute Gasteiger partial charge is 0.228 e. The molecule has 1 unspecified atom stereocenters. The van der Waals surface area contributed by atoms with E-state index >= 15 is 0 Å². The summed E-state index contributed by atoms with van der Waals surface area (Å²) in [6, 6.07) is 9.73. The summed E-state index contributed by atoms with van der Waals surface area (Å²) < 4.78 is 6.66. The Hall–Kier alpha value is -1.80. The molecule has 0 saturated heterocycles. The second-order valence-corrected chi connectivity index (χ2v) is 7.20. The minimum absolute atomic E-state index is 0.152. The van der Waals surface area contributed by atoms with Crippen LogP contribution in [0.25, 0.3) is 10.9 Å². The van der Waals surface area contributed by atoms with E-state index in [1.807, 2.05) is 43.5 Å². The number of ether oxygens (including phenoxy) is 1. The number of aromatic nitrogens is 1. The van der Waals surface area contributed by atoms with Gasteiger partial charge in [-0.2, -0.15) is 0 Å². The SMILES string of the molecule is CO/N=C(\SC)C(C)(COc1nc2ccccc2cc1Br)NC(C)=O. The van der Waals surface area contributed by atoms with Crippen LogP contribution in [0.1, 0.15) is 13.8 Å². The largest absolute Gasteiger partial charge is 0.474 e. The summed E-state index contributed by atoms with van der Waals surface area (Å²) in [5, 5.41) is 8.50. The molecule has 6 nitrogen and oxygen atoms in total. The maximum atomic E-state index is 11.6. The third-order valence-corrected chi connectivity index (χ3v) is 4.91. The lowest BCUT2D eigenvalue weighted by Gasteiger charge is -2.30. The normalized spacial score (nSPS) is 14.0. The lowest BCUT2D eigenvalue weighted by atomic mass is 10.1. The second kappa shape index (κ2) is 8.53. The molecule has 1 amide bonds. The van der Waals surface area contributed by atoms with E-state index in [0.29, 0.717) is 10.9 Å². The molecule has 8 heteroatoms. The van der Waals surface area contributed by atoms with E-state index in [0.717, 1.165) is 15.4 Å². The van der Waals surface area contributed by atoms with Gasteiger partial charge in [0.1, 0.15) is 24.3 Å². The number of para-hydroxylation sites is 1. The standard InChI is InChI=1S/C17H20BrN3O3S/c1-11(22)20-17(2,16(25-4)21-23-3)10-24-15-13(18)9-12-7-5-6-8-14(12)19-15/h5-9H,10H2,1-4H3,(H,20,22)/b21-16-. The summed E-state index contributed by atoms with van der Waals surface area (Å²) in [7, 11) is 1.47. The molecule has 134 valence electrons. The van der Waals surface area contributed by atoms with Crippen LogP contribution in [0.5, 0.6) is 5.88 Å².